The molecular formula is C28H27NO2. The van der Waals surface area contributed by atoms with Gasteiger partial charge in [0.25, 0.3) is 0 Å². The van der Waals surface area contributed by atoms with Crippen LogP contribution in [-0.2, 0) is 11.3 Å². The van der Waals surface area contributed by atoms with Crippen molar-refractivity contribution >= 4 is 5.97 Å². The van der Waals surface area contributed by atoms with Crippen molar-refractivity contribution in [2.45, 2.75) is 27.3 Å². The van der Waals surface area contributed by atoms with Gasteiger partial charge in [-0.25, -0.2) is 4.79 Å². The maximum Gasteiger partial charge on any atom is 0.340 e. The first-order chi connectivity index (χ1) is 15.0. The van der Waals surface area contributed by atoms with Crippen molar-refractivity contribution in [2.24, 2.45) is 0 Å². The van der Waals surface area contributed by atoms with Gasteiger partial charge in [0, 0.05) is 6.54 Å². The first kappa shape index (κ1) is 20.7. The van der Waals surface area contributed by atoms with E-state index in [1.54, 1.807) is 0 Å². The van der Waals surface area contributed by atoms with Gasteiger partial charge in [-0.2, -0.15) is 0 Å². The molecule has 0 saturated carbocycles. The van der Waals surface area contributed by atoms with Crippen molar-refractivity contribution in [3.05, 3.63) is 107 Å². The molecule has 0 aliphatic carbocycles. The summed E-state index contributed by atoms with van der Waals surface area (Å²) in [6.07, 6.45) is 0. The van der Waals surface area contributed by atoms with Gasteiger partial charge in [0.1, 0.15) is 0 Å². The molecular weight excluding hydrogens is 382 g/mol. The summed E-state index contributed by atoms with van der Waals surface area (Å²) in [5.74, 6) is -0.312. The molecule has 3 heteroatoms. The van der Waals surface area contributed by atoms with Crippen LogP contribution in [0.15, 0.2) is 78.9 Å². The molecule has 31 heavy (non-hydrogen) atoms. The molecule has 0 aliphatic rings. The van der Waals surface area contributed by atoms with E-state index >= 15 is 0 Å². The van der Waals surface area contributed by atoms with Gasteiger partial charge in [0.2, 0.25) is 0 Å². The number of methoxy groups -OCH3 is 1. The van der Waals surface area contributed by atoms with Crippen LogP contribution >= 0.6 is 0 Å². The number of aryl methyl sites for hydroxylation is 2. The second kappa shape index (κ2) is 8.65. The summed E-state index contributed by atoms with van der Waals surface area (Å²) in [6, 6.07) is 27.1. The Morgan fingerprint density at radius 2 is 1.26 bits per heavy atom. The van der Waals surface area contributed by atoms with Crippen molar-refractivity contribution in [2.75, 3.05) is 7.11 Å². The number of esters is 1. The fourth-order valence-electron chi connectivity index (χ4n) is 4.12. The highest BCUT2D eigenvalue weighted by atomic mass is 16.5. The van der Waals surface area contributed by atoms with Crippen LogP contribution in [0.5, 0.6) is 0 Å². The summed E-state index contributed by atoms with van der Waals surface area (Å²) in [5, 5.41) is 0. The third-order valence-electron chi connectivity index (χ3n) is 5.73. The van der Waals surface area contributed by atoms with Crippen LogP contribution in [-0.4, -0.2) is 17.6 Å². The SMILES string of the molecule is COC(=O)c1c(C)c(-c2ccc(C)cc2)n(Cc2ccccc2)c1-c1ccc(C)cc1. The smallest absolute Gasteiger partial charge is 0.340 e. The lowest BCUT2D eigenvalue weighted by Gasteiger charge is -2.16. The van der Waals surface area contributed by atoms with Crippen LogP contribution in [0.3, 0.4) is 0 Å². The maximum absolute atomic E-state index is 13.0. The first-order valence-corrected chi connectivity index (χ1v) is 10.5. The lowest BCUT2D eigenvalue weighted by atomic mass is 10.0. The molecule has 4 aromatic rings. The topological polar surface area (TPSA) is 31.2 Å². The lowest BCUT2D eigenvalue weighted by molar-refractivity contribution is 0.0601. The van der Waals surface area contributed by atoms with Gasteiger partial charge in [0.05, 0.1) is 24.1 Å². The number of ether oxygens (including phenoxy) is 1. The molecule has 0 N–H and O–H groups in total. The number of carbonyl (C=O) groups is 1. The van der Waals surface area contributed by atoms with E-state index in [9.17, 15) is 4.79 Å². The van der Waals surface area contributed by atoms with E-state index in [0.29, 0.717) is 12.1 Å². The number of rotatable bonds is 5. The second-order valence-electron chi connectivity index (χ2n) is 7.99. The molecule has 0 fully saturated rings. The number of benzene rings is 3. The largest absolute Gasteiger partial charge is 0.465 e. The van der Waals surface area contributed by atoms with E-state index < -0.39 is 0 Å². The highest BCUT2D eigenvalue weighted by molar-refractivity contribution is 6.01. The summed E-state index contributed by atoms with van der Waals surface area (Å²) < 4.78 is 7.48. The number of nitrogens with zero attached hydrogens (tertiary/aromatic N) is 1. The van der Waals surface area contributed by atoms with Crippen molar-refractivity contribution in [1.82, 2.24) is 4.57 Å². The zero-order valence-corrected chi connectivity index (χ0v) is 18.5. The molecule has 3 aromatic carbocycles. The fraction of sp³-hybridized carbons (Fsp3) is 0.179. The quantitative estimate of drug-likeness (QED) is 0.349. The van der Waals surface area contributed by atoms with E-state index in [2.05, 4.69) is 79.1 Å². The summed E-state index contributed by atoms with van der Waals surface area (Å²) in [6.45, 7) is 6.82. The minimum absolute atomic E-state index is 0.312. The van der Waals surface area contributed by atoms with E-state index in [4.69, 9.17) is 4.74 Å². The first-order valence-electron chi connectivity index (χ1n) is 10.5. The molecule has 4 rings (SSSR count). The van der Waals surface area contributed by atoms with Gasteiger partial charge in [-0.1, -0.05) is 90.0 Å². The Labute approximate surface area is 183 Å². The van der Waals surface area contributed by atoms with E-state index in [1.165, 1.54) is 23.8 Å². The van der Waals surface area contributed by atoms with Crippen LogP contribution in [0.4, 0.5) is 0 Å². The Morgan fingerprint density at radius 3 is 1.77 bits per heavy atom. The summed E-state index contributed by atoms with van der Waals surface area (Å²) >= 11 is 0. The van der Waals surface area contributed by atoms with Crippen LogP contribution in [0.25, 0.3) is 22.5 Å². The fourth-order valence-corrected chi connectivity index (χ4v) is 4.12. The Morgan fingerprint density at radius 1 is 0.742 bits per heavy atom. The predicted molar refractivity (Wildman–Crippen MR) is 126 cm³/mol. The lowest BCUT2D eigenvalue weighted by Crippen LogP contribution is -2.07. The molecule has 1 aromatic heterocycles. The van der Waals surface area contributed by atoms with E-state index in [-0.39, 0.29) is 5.97 Å². The van der Waals surface area contributed by atoms with Gasteiger partial charge in [-0.3, -0.25) is 0 Å². The average molecular weight is 410 g/mol. The minimum atomic E-state index is -0.312. The number of hydrogen-bond donors (Lipinski definition) is 0. The average Bonchev–Trinajstić information content (AvgIpc) is 3.07. The maximum atomic E-state index is 13.0. The van der Waals surface area contributed by atoms with Crippen molar-refractivity contribution < 1.29 is 9.53 Å². The van der Waals surface area contributed by atoms with Gasteiger partial charge >= 0.3 is 5.97 Å². The molecule has 0 radical (unpaired) electrons. The summed E-state index contributed by atoms with van der Waals surface area (Å²) in [5.41, 5.74) is 9.14. The van der Waals surface area contributed by atoms with Crippen LogP contribution in [0, 0.1) is 20.8 Å². The van der Waals surface area contributed by atoms with Crippen molar-refractivity contribution in [1.29, 1.82) is 0 Å². The summed E-state index contributed by atoms with van der Waals surface area (Å²) in [4.78, 5) is 13.0. The van der Waals surface area contributed by atoms with E-state index in [1.807, 2.05) is 25.1 Å². The van der Waals surface area contributed by atoms with Gasteiger partial charge in [0.15, 0.2) is 0 Å². The molecule has 3 nitrogen and oxygen atoms in total. The Bertz CT molecular complexity index is 1200. The highest BCUT2D eigenvalue weighted by Crippen LogP contribution is 2.38. The van der Waals surface area contributed by atoms with Crippen molar-refractivity contribution in [3.8, 4) is 22.5 Å². The molecule has 0 spiro atoms. The molecule has 0 aliphatic heterocycles. The standard InChI is InChI=1S/C28H27NO2/c1-19-10-14-23(15-11-19)26-21(3)25(28(30)31-4)27(24-16-12-20(2)13-17-24)29(26)18-22-8-6-5-7-9-22/h5-17H,18H2,1-4H3. The number of carbonyl (C=O) groups excluding carboxylic acids is 1. The monoisotopic (exact) mass is 409 g/mol. The predicted octanol–water partition coefficient (Wildman–Crippen LogP) is 6.58. The van der Waals surface area contributed by atoms with Crippen LogP contribution in [0.2, 0.25) is 0 Å². The molecule has 0 bridgehead atoms. The molecule has 0 atom stereocenters. The van der Waals surface area contributed by atoms with Gasteiger partial charge < -0.3 is 9.30 Å². The Balaban J connectivity index is 2.04. The zero-order valence-electron chi connectivity index (χ0n) is 18.5. The van der Waals surface area contributed by atoms with Crippen LogP contribution < -0.4 is 0 Å². The number of aromatic nitrogens is 1. The van der Waals surface area contributed by atoms with E-state index in [0.717, 1.165) is 28.1 Å². The van der Waals surface area contributed by atoms with Crippen molar-refractivity contribution in [3.63, 3.8) is 0 Å². The minimum Gasteiger partial charge on any atom is -0.465 e. The van der Waals surface area contributed by atoms with Gasteiger partial charge in [-0.15, -0.1) is 0 Å². The molecule has 1 heterocycles. The molecule has 0 amide bonds. The van der Waals surface area contributed by atoms with Crippen LogP contribution in [0.1, 0.15) is 32.6 Å². The third kappa shape index (κ3) is 4.04. The van der Waals surface area contributed by atoms with Gasteiger partial charge in [-0.05, 0) is 43.0 Å². The Hall–Kier alpha value is -3.59. The Kier molecular flexibility index (Phi) is 5.77. The molecule has 156 valence electrons. The molecule has 0 saturated heterocycles. The molecule has 0 unspecified atom stereocenters. The highest BCUT2D eigenvalue weighted by Gasteiger charge is 2.27. The normalized spacial score (nSPS) is 10.8. The number of hydrogen-bond acceptors (Lipinski definition) is 2. The third-order valence-corrected chi connectivity index (χ3v) is 5.73. The second-order valence-corrected chi connectivity index (χ2v) is 7.99. The summed E-state index contributed by atoms with van der Waals surface area (Å²) in [7, 11) is 1.45. The zero-order chi connectivity index (χ0) is 22.0.